The highest BCUT2D eigenvalue weighted by Gasteiger charge is 2.21. The second-order valence-electron chi connectivity index (χ2n) is 5.62. The maximum absolute atomic E-state index is 12.3. The summed E-state index contributed by atoms with van der Waals surface area (Å²) in [6.07, 6.45) is 2.45. The van der Waals surface area contributed by atoms with E-state index in [2.05, 4.69) is 17.4 Å². The van der Waals surface area contributed by atoms with Crippen LogP contribution < -0.4 is 14.8 Å². The Bertz CT molecular complexity index is 690. The number of benzene rings is 2. The van der Waals surface area contributed by atoms with Gasteiger partial charge in [-0.3, -0.25) is 4.79 Å². The fraction of sp³-hybridized carbons (Fsp3) is 0.316. The third-order valence-electron chi connectivity index (χ3n) is 4.02. The number of thioether (sulfide) groups is 1. The molecule has 1 atom stereocenters. The van der Waals surface area contributed by atoms with Crippen LogP contribution in [-0.2, 0) is 4.79 Å². The van der Waals surface area contributed by atoms with Crippen LogP contribution in [0.1, 0.15) is 23.5 Å². The van der Waals surface area contributed by atoms with Gasteiger partial charge < -0.3 is 14.8 Å². The first-order chi connectivity index (χ1) is 11.8. The second kappa shape index (κ2) is 8.11. The lowest BCUT2D eigenvalue weighted by molar-refractivity contribution is -0.121. The summed E-state index contributed by atoms with van der Waals surface area (Å²) in [7, 11) is 0. The Morgan fingerprint density at radius 2 is 1.92 bits per heavy atom. The van der Waals surface area contributed by atoms with Gasteiger partial charge in [-0.05, 0) is 29.5 Å². The molecule has 4 nitrogen and oxygen atoms in total. The predicted molar refractivity (Wildman–Crippen MR) is 96.9 cm³/mol. The van der Waals surface area contributed by atoms with Crippen molar-refractivity contribution in [3.05, 3.63) is 59.7 Å². The molecule has 0 spiro atoms. The van der Waals surface area contributed by atoms with Crippen LogP contribution in [0.25, 0.3) is 0 Å². The van der Waals surface area contributed by atoms with Crippen LogP contribution in [0.4, 0.5) is 0 Å². The van der Waals surface area contributed by atoms with E-state index in [1.807, 2.05) is 42.7 Å². The number of fused-ring (bicyclic) bond motifs is 1. The predicted octanol–water partition coefficient (Wildman–Crippen LogP) is 3.42. The summed E-state index contributed by atoms with van der Waals surface area (Å²) < 4.78 is 10.9. The number of hydrogen-bond acceptors (Lipinski definition) is 4. The number of ether oxygens (including phenoxy) is 2. The van der Waals surface area contributed by atoms with E-state index in [9.17, 15) is 4.79 Å². The average Bonchev–Trinajstić information content (AvgIpc) is 3.08. The molecule has 2 aromatic rings. The van der Waals surface area contributed by atoms with Crippen molar-refractivity contribution in [2.75, 3.05) is 25.3 Å². The standard InChI is InChI=1S/C19H21NO3S/c1-24-10-9-20-19(21)12-16(14-5-3-2-4-6-14)15-7-8-17-18(11-15)23-13-22-17/h2-8,11,16H,9-10,12-13H2,1H3,(H,20,21)/t16-/m1/s1. The van der Waals surface area contributed by atoms with E-state index in [0.29, 0.717) is 13.0 Å². The summed E-state index contributed by atoms with van der Waals surface area (Å²) in [5.41, 5.74) is 2.18. The lowest BCUT2D eigenvalue weighted by atomic mass is 9.88. The van der Waals surface area contributed by atoms with Crippen LogP contribution in [0.3, 0.4) is 0 Å². The van der Waals surface area contributed by atoms with E-state index in [1.165, 1.54) is 0 Å². The molecular weight excluding hydrogens is 322 g/mol. The maximum Gasteiger partial charge on any atom is 0.231 e. The monoisotopic (exact) mass is 343 g/mol. The fourth-order valence-electron chi connectivity index (χ4n) is 2.79. The van der Waals surface area contributed by atoms with Crippen LogP contribution in [0.2, 0.25) is 0 Å². The van der Waals surface area contributed by atoms with Gasteiger partial charge in [0.1, 0.15) is 0 Å². The van der Waals surface area contributed by atoms with Crippen molar-refractivity contribution in [1.82, 2.24) is 5.32 Å². The van der Waals surface area contributed by atoms with Crippen molar-refractivity contribution in [3.8, 4) is 11.5 Å². The number of rotatable bonds is 7. The smallest absolute Gasteiger partial charge is 0.231 e. The van der Waals surface area contributed by atoms with Gasteiger partial charge in [-0.15, -0.1) is 0 Å². The Morgan fingerprint density at radius 3 is 2.71 bits per heavy atom. The van der Waals surface area contributed by atoms with Gasteiger partial charge in [0.05, 0.1) is 0 Å². The average molecular weight is 343 g/mol. The van der Waals surface area contributed by atoms with E-state index < -0.39 is 0 Å². The summed E-state index contributed by atoms with van der Waals surface area (Å²) in [4.78, 5) is 12.3. The zero-order chi connectivity index (χ0) is 16.8. The fourth-order valence-corrected chi connectivity index (χ4v) is 3.10. The highest BCUT2D eigenvalue weighted by Crippen LogP contribution is 2.37. The van der Waals surface area contributed by atoms with Crippen LogP contribution in [-0.4, -0.2) is 31.3 Å². The number of amides is 1. The first-order valence-corrected chi connectivity index (χ1v) is 9.37. The molecule has 3 rings (SSSR count). The highest BCUT2D eigenvalue weighted by molar-refractivity contribution is 7.98. The first-order valence-electron chi connectivity index (χ1n) is 7.98. The molecule has 1 heterocycles. The summed E-state index contributed by atoms with van der Waals surface area (Å²) in [6.45, 7) is 0.951. The van der Waals surface area contributed by atoms with Gasteiger partial charge in [-0.2, -0.15) is 11.8 Å². The largest absolute Gasteiger partial charge is 0.454 e. The van der Waals surface area contributed by atoms with Crippen molar-refractivity contribution in [3.63, 3.8) is 0 Å². The molecule has 126 valence electrons. The lowest BCUT2D eigenvalue weighted by Crippen LogP contribution is -2.27. The first kappa shape index (κ1) is 16.7. The Hall–Kier alpha value is -2.14. The van der Waals surface area contributed by atoms with E-state index in [4.69, 9.17) is 9.47 Å². The molecule has 1 aliphatic rings. The molecule has 24 heavy (non-hydrogen) atoms. The van der Waals surface area contributed by atoms with Gasteiger partial charge in [0, 0.05) is 24.6 Å². The molecule has 0 bridgehead atoms. The molecule has 0 saturated carbocycles. The molecule has 0 radical (unpaired) electrons. The quantitative estimate of drug-likeness (QED) is 0.783. The normalized spacial score (nSPS) is 13.5. The minimum absolute atomic E-state index is 0.00465. The Labute approximate surface area is 146 Å². The molecule has 0 aromatic heterocycles. The maximum atomic E-state index is 12.3. The molecular formula is C19H21NO3S. The van der Waals surface area contributed by atoms with Gasteiger partial charge in [-0.25, -0.2) is 0 Å². The Morgan fingerprint density at radius 1 is 1.12 bits per heavy atom. The molecule has 1 aliphatic heterocycles. The third kappa shape index (κ3) is 4.03. The molecule has 5 heteroatoms. The Balaban J connectivity index is 1.81. The van der Waals surface area contributed by atoms with E-state index >= 15 is 0 Å². The second-order valence-corrected chi connectivity index (χ2v) is 6.61. The number of nitrogens with one attached hydrogen (secondary N) is 1. The van der Waals surface area contributed by atoms with E-state index in [-0.39, 0.29) is 18.6 Å². The third-order valence-corrected chi connectivity index (χ3v) is 4.63. The van der Waals surface area contributed by atoms with Gasteiger partial charge in [0.15, 0.2) is 11.5 Å². The number of hydrogen-bond donors (Lipinski definition) is 1. The lowest BCUT2D eigenvalue weighted by Gasteiger charge is -2.18. The zero-order valence-electron chi connectivity index (χ0n) is 13.7. The van der Waals surface area contributed by atoms with Crippen molar-refractivity contribution in [2.45, 2.75) is 12.3 Å². The SMILES string of the molecule is CSCCNC(=O)C[C@H](c1ccccc1)c1ccc2c(c1)OCO2. The molecule has 0 unspecified atom stereocenters. The molecule has 0 fully saturated rings. The van der Waals surface area contributed by atoms with Gasteiger partial charge in [0.25, 0.3) is 0 Å². The summed E-state index contributed by atoms with van der Waals surface area (Å²) in [5, 5.41) is 2.99. The van der Waals surface area contributed by atoms with Crippen LogP contribution in [0, 0.1) is 0 Å². The van der Waals surface area contributed by atoms with Crippen LogP contribution >= 0.6 is 11.8 Å². The summed E-state index contributed by atoms with van der Waals surface area (Å²) in [6, 6.07) is 16.0. The molecule has 1 amide bonds. The molecule has 2 aromatic carbocycles. The zero-order valence-corrected chi connectivity index (χ0v) is 14.5. The van der Waals surface area contributed by atoms with Crippen molar-refractivity contribution in [1.29, 1.82) is 0 Å². The summed E-state index contributed by atoms with van der Waals surface area (Å²) >= 11 is 1.72. The van der Waals surface area contributed by atoms with Gasteiger partial charge in [-0.1, -0.05) is 36.4 Å². The van der Waals surface area contributed by atoms with Crippen LogP contribution in [0.15, 0.2) is 48.5 Å². The molecule has 0 aliphatic carbocycles. The molecule has 1 N–H and O–H groups in total. The van der Waals surface area contributed by atoms with Crippen molar-refractivity contribution < 1.29 is 14.3 Å². The number of carbonyl (C=O) groups is 1. The highest BCUT2D eigenvalue weighted by atomic mass is 32.2. The van der Waals surface area contributed by atoms with E-state index in [0.717, 1.165) is 28.4 Å². The molecule has 0 saturated heterocycles. The van der Waals surface area contributed by atoms with E-state index in [1.54, 1.807) is 11.8 Å². The van der Waals surface area contributed by atoms with Crippen LogP contribution in [0.5, 0.6) is 11.5 Å². The minimum Gasteiger partial charge on any atom is -0.454 e. The van der Waals surface area contributed by atoms with Gasteiger partial charge in [0.2, 0.25) is 12.7 Å². The topological polar surface area (TPSA) is 47.6 Å². The van der Waals surface area contributed by atoms with Crippen molar-refractivity contribution >= 4 is 17.7 Å². The summed E-state index contributed by atoms with van der Waals surface area (Å²) in [5.74, 6) is 2.49. The van der Waals surface area contributed by atoms with Gasteiger partial charge >= 0.3 is 0 Å². The van der Waals surface area contributed by atoms with Crippen molar-refractivity contribution in [2.24, 2.45) is 0 Å². The number of carbonyl (C=O) groups excluding carboxylic acids is 1. The minimum atomic E-state index is -0.00465. The Kier molecular flexibility index (Phi) is 5.64.